The molecular formula is C12H18N6OS. The van der Waals surface area contributed by atoms with Gasteiger partial charge in [0.2, 0.25) is 0 Å². The van der Waals surface area contributed by atoms with Gasteiger partial charge in [-0.05, 0) is 12.8 Å². The Labute approximate surface area is 121 Å². The zero-order valence-corrected chi connectivity index (χ0v) is 12.2. The molecule has 2 aromatic rings. The molecule has 0 spiro atoms. The lowest BCUT2D eigenvalue weighted by atomic mass is 10.3. The lowest BCUT2D eigenvalue weighted by Crippen LogP contribution is -2.12. The Morgan fingerprint density at radius 2 is 2.45 bits per heavy atom. The van der Waals surface area contributed by atoms with E-state index in [0.717, 1.165) is 41.4 Å². The van der Waals surface area contributed by atoms with Crippen LogP contribution >= 0.6 is 11.8 Å². The number of ether oxygens (including phenoxy) is 1. The highest BCUT2D eigenvalue weighted by atomic mass is 32.2. The third kappa shape index (κ3) is 2.72. The molecule has 3 rings (SSSR count). The maximum atomic E-state index is 5.60. The number of rotatable bonds is 5. The van der Waals surface area contributed by atoms with Crippen molar-refractivity contribution in [3.8, 4) is 0 Å². The molecule has 7 nitrogen and oxygen atoms in total. The molecule has 0 radical (unpaired) electrons. The third-order valence-electron chi connectivity index (χ3n) is 3.33. The highest BCUT2D eigenvalue weighted by molar-refractivity contribution is 7.98. The van der Waals surface area contributed by atoms with E-state index in [1.54, 1.807) is 22.6 Å². The van der Waals surface area contributed by atoms with Crippen LogP contribution < -0.4 is 11.3 Å². The minimum absolute atomic E-state index is 0.382. The van der Waals surface area contributed by atoms with E-state index in [-0.39, 0.29) is 0 Å². The molecule has 0 aromatic carbocycles. The van der Waals surface area contributed by atoms with Gasteiger partial charge in [0.25, 0.3) is 0 Å². The summed E-state index contributed by atoms with van der Waals surface area (Å²) in [7, 11) is 1.86. The van der Waals surface area contributed by atoms with Gasteiger partial charge < -0.3 is 10.2 Å². The van der Waals surface area contributed by atoms with Gasteiger partial charge in [0.1, 0.15) is 5.82 Å². The van der Waals surface area contributed by atoms with Gasteiger partial charge >= 0.3 is 0 Å². The van der Waals surface area contributed by atoms with Crippen LogP contribution in [0.4, 0.5) is 5.82 Å². The number of nitrogens with one attached hydrogen (secondary N) is 1. The number of thioether (sulfide) groups is 1. The van der Waals surface area contributed by atoms with Crippen LogP contribution in [0.5, 0.6) is 0 Å². The number of hydrazine groups is 1. The van der Waals surface area contributed by atoms with Crippen molar-refractivity contribution in [3.05, 3.63) is 12.0 Å². The number of nitrogen functional groups attached to an aromatic ring is 1. The van der Waals surface area contributed by atoms with E-state index in [1.165, 1.54) is 6.42 Å². The first-order valence-electron chi connectivity index (χ1n) is 6.62. The molecule has 1 aliphatic heterocycles. The fourth-order valence-corrected chi connectivity index (χ4v) is 3.25. The Morgan fingerprint density at radius 3 is 3.20 bits per heavy atom. The number of hydrogen-bond acceptors (Lipinski definition) is 7. The van der Waals surface area contributed by atoms with Crippen molar-refractivity contribution in [2.45, 2.75) is 24.7 Å². The van der Waals surface area contributed by atoms with Crippen molar-refractivity contribution < 1.29 is 4.74 Å². The van der Waals surface area contributed by atoms with E-state index >= 15 is 0 Å². The van der Waals surface area contributed by atoms with E-state index in [9.17, 15) is 0 Å². The fraction of sp³-hybridized carbons (Fsp3) is 0.583. The summed E-state index contributed by atoms with van der Waals surface area (Å²) in [6.07, 6.45) is 4.43. The Bertz CT molecular complexity index is 595. The van der Waals surface area contributed by atoms with Crippen LogP contribution in [0.25, 0.3) is 11.0 Å². The predicted molar refractivity (Wildman–Crippen MR) is 79.3 cm³/mol. The fourth-order valence-electron chi connectivity index (χ4n) is 2.30. The number of hydrogen-bond donors (Lipinski definition) is 2. The van der Waals surface area contributed by atoms with Crippen molar-refractivity contribution in [3.63, 3.8) is 0 Å². The molecule has 0 bridgehead atoms. The molecule has 0 amide bonds. The van der Waals surface area contributed by atoms with Crippen molar-refractivity contribution in [1.82, 2.24) is 19.7 Å². The summed E-state index contributed by atoms with van der Waals surface area (Å²) >= 11 is 1.79. The van der Waals surface area contributed by atoms with Crippen LogP contribution in [0.3, 0.4) is 0 Å². The molecule has 2 aromatic heterocycles. The summed E-state index contributed by atoms with van der Waals surface area (Å²) in [5.41, 5.74) is 3.41. The normalized spacial score (nSPS) is 18.8. The Hall–Kier alpha value is -1.38. The van der Waals surface area contributed by atoms with Gasteiger partial charge in [-0.25, -0.2) is 15.8 Å². The number of nitrogens with two attached hydrogens (primary N) is 1. The highest BCUT2D eigenvalue weighted by Gasteiger charge is 2.16. The highest BCUT2D eigenvalue weighted by Crippen LogP contribution is 2.22. The van der Waals surface area contributed by atoms with Crippen LogP contribution in [0.1, 0.15) is 18.7 Å². The molecule has 3 heterocycles. The summed E-state index contributed by atoms with van der Waals surface area (Å²) in [6, 6.07) is 0. The van der Waals surface area contributed by atoms with Crippen LogP contribution in [-0.4, -0.2) is 38.2 Å². The molecule has 1 aliphatic rings. The molecule has 1 saturated heterocycles. The maximum Gasteiger partial charge on any atom is 0.163 e. The molecule has 1 unspecified atom stereocenters. The average Bonchev–Trinajstić information content (AvgIpc) is 3.09. The van der Waals surface area contributed by atoms with Gasteiger partial charge in [0, 0.05) is 19.4 Å². The number of fused-ring (bicyclic) bond motifs is 1. The first kappa shape index (κ1) is 13.6. The van der Waals surface area contributed by atoms with Crippen molar-refractivity contribution >= 4 is 28.6 Å². The molecule has 0 saturated carbocycles. The monoisotopic (exact) mass is 294 g/mol. The predicted octanol–water partition coefficient (Wildman–Crippen LogP) is 1.06. The van der Waals surface area contributed by atoms with E-state index in [2.05, 4.69) is 20.5 Å². The zero-order chi connectivity index (χ0) is 13.9. The van der Waals surface area contributed by atoms with E-state index in [0.29, 0.717) is 11.9 Å². The SMILES string of the molecule is Cn1ncc2c(NN)nc(CSCC3CCCO3)nc21. The second-order valence-corrected chi connectivity index (χ2v) is 5.82. The van der Waals surface area contributed by atoms with Gasteiger partial charge in [0.05, 0.1) is 23.4 Å². The Kier molecular flexibility index (Phi) is 4.04. The maximum absolute atomic E-state index is 5.60. The molecule has 8 heteroatoms. The van der Waals surface area contributed by atoms with E-state index < -0.39 is 0 Å². The van der Waals surface area contributed by atoms with E-state index in [4.69, 9.17) is 10.6 Å². The van der Waals surface area contributed by atoms with Crippen molar-refractivity contribution in [2.24, 2.45) is 12.9 Å². The molecule has 3 N–H and O–H groups in total. The first-order valence-corrected chi connectivity index (χ1v) is 7.78. The standard InChI is InChI=1S/C12H18N6OS/c1-18-12-9(5-14-18)11(17-13)15-10(16-12)7-20-6-8-3-2-4-19-8/h5,8H,2-4,6-7,13H2,1H3,(H,15,16,17). The Morgan fingerprint density at radius 1 is 1.55 bits per heavy atom. The first-order chi connectivity index (χ1) is 9.78. The largest absolute Gasteiger partial charge is 0.377 e. The zero-order valence-electron chi connectivity index (χ0n) is 11.4. The summed E-state index contributed by atoms with van der Waals surface area (Å²) in [5.74, 6) is 8.63. The van der Waals surface area contributed by atoms with E-state index in [1.807, 2.05) is 7.05 Å². The molecule has 1 fully saturated rings. The molecule has 108 valence electrons. The van der Waals surface area contributed by atoms with Crippen molar-refractivity contribution in [1.29, 1.82) is 0 Å². The number of aryl methyl sites for hydroxylation is 1. The number of nitrogens with zero attached hydrogens (tertiary/aromatic N) is 4. The van der Waals surface area contributed by atoms with Gasteiger partial charge in [-0.1, -0.05) is 0 Å². The molecule has 0 aliphatic carbocycles. The Balaban J connectivity index is 1.72. The summed E-state index contributed by atoms with van der Waals surface area (Å²) in [5, 5.41) is 5.02. The summed E-state index contributed by atoms with van der Waals surface area (Å²) in [6.45, 7) is 0.893. The molecular weight excluding hydrogens is 276 g/mol. The van der Waals surface area contributed by atoms with Gasteiger partial charge in [-0.3, -0.25) is 4.68 Å². The van der Waals surface area contributed by atoms with Crippen LogP contribution in [-0.2, 0) is 17.5 Å². The second-order valence-electron chi connectivity index (χ2n) is 4.79. The topological polar surface area (TPSA) is 90.9 Å². The lowest BCUT2D eigenvalue weighted by Gasteiger charge is -2.09. The van der Waals surface area contributed by atoms with Gasteiger partial charge in [-0.15, -0.1) is 0 Å². The van der Waals surface area contributed by atoms with Crippen LogP contribution in [0.15, 0.2) is 6.20 Å². The third-order valence-corrected chi connectivity index (χ3v) is 4.40. The minimum atomic E-state index is 0.382. The van der Waals surface area contributed by atoms with Crippen molar-refractivity contribution in [2.75, 3.05) is 17.8 Å². The van der Waals surface area contributed by atoms with Gasteiger partial charge in [-0.2, -0.15) is 16.9 Å². The lowest BCUT2D eigenvalue weighted by molar-refractivity contribution is 0.129. The number of anilines is 1. The quantitative estimate of drug-likeness (QED) is 0.629. The smallest absolute Gasteiger partial charge is 0.163 e. The second kappa shape index (κ2) is 5.94. The average molecular weight is 294 g/mol. The van der Waals surface area contributed by atoms with Crippen LogP contribution in [0, 0.1) is 0 Å². The minimum Gasteiger partial charge on any atom is -0.377 e. The molecule has 20 heavy (non-hydrogen) atoms. The number of aromatic nitrogens is 4. The summed E-state index contributed by atoms with van der Waals surface area (Å²) in [4.78, 5) is 8.97. The molecule has 1 atom stereocenters. The van der Waals surface area contributed by atoms with Gasteiger partial charge in [0.15, 0.2) is 11.5 Å². The van der Waals surface area contributed by atoms with Crippen LogP contribution in [0.2, 0.25) is 0 Å². The summed E-state index contributed by atoms with van der Waals surface area (Å²) < 4.78 is 7.33.